The third-order valence-corrected chi connectivity index (χ3v) is 2.74. The fraction of sp³-hybridized carbons (Fsp3) is 0.133. The number of aromatic hydroxyl groups is 1. The normalized spacial score (nSPS) is 10.1. The first-order valence-corrected chi connectivity index (χ1v) is 5.93. The van der Waals surface area contributed by atoms with E-state index in [2.05, 4.69) is 0 Å². The van der Waals surface area contributed by atoms with Gasteiger partial charge in [-0.1, -0.05) is 30.3 Å². The number of aromatic carboxylic acids is 1. The zero-order valence-electron chi connectivity index (χ0n) is 10.9. The molecule has 5 nitrogen and oxygen atoms in total. The fourth-order valence-corrected chi connectivity index (χ4v) is 1.76. The number of phenols is 1. The van der Waals surface area contributed by atoms with Crippen LogP contribution in [0, 0.1) is 0 Å². The molecule has 0 aliphatic carbocycles. The smallest absolute Gasteiger partial charge is 0.343 e. The molecule has 0 bridgehead atoms. The Kier molecular flexibility index (Phi) is 4.10. The van der Waals surface area contributed by atoms with Gasteiger partial charge in [0, 0.05) is 12.1 Å². The Morgan fingerprint density at radius 3 is 2.50 bits per heavy atom. The molecule has 2 rings (SSSR count). The van der Waals surface area contributed by atoms with Crippen molar-refractivity contribution < 1.29 is 24.5 Å². The van der Waals surface area contributed by atoms with Crippen molar-refractivity contribution in [2.75, 3.05) is 7.11 Å². The summed E-state index contributed by atoms with van der Waals surface area (Å²) in [5.41, 5.74) is 0.618. The maximum Gasteiger partial charge on any atom is 0.343 e. The predicted octanol–water partition coefficient (Wildman–Crippen LogP) is 2.68. The van der Waals surface area contributed by atoms with Crippen molar-refractivity contribution in [3.8, 4) is 17.2 Å². The maximum absolute atomic E-state index is 11.2. The number of rotatable bonds is 5. The molecule has 0 unspecified atom stereocenters. The molecule has 0 spiro atoms. The van der Waals surface area contributed by atoms with Crippen LogP contribution in [0.4, 0.5) is 0 Å². The fourth-order valence-electron chi connectivity index (χ4n) is 1.76. The van der Waals surface area contributed by atoms with Crippen molar-refractivity contribution in [2.24, 2.45) is 0 Å². The number of hydrogen-bond donors (Lipinski definition) is 2. The van der Waals surface area contributed by atoms with Crippen LogP contribution in [0.2, 0.25) is 0 Å². The van der Waals surface area contributed by atoms with Gasteiger partial charge in [0.2, 0.25) is 0 Å². The number of carboxylic acids is 1. The van der Waals surface area contributed by atoms with Crippen LogP contribution in [0.1, 0.15) is 15.9 Å². The second-order valence-corrected chi connectivity index (χ2v) is 4.10. The summed E-state index contributed by atoms with van der Waals surface area (Å²) in [6.07, 6.45) is 0. The zero-order chi connectivity index (χ0) is 14.5. The number of methoxy groups -OCH3 is 1. The largest absolute Gasteiger partial charge is 0.507 e. The average Bonchev–Trinajstić information content (AvgIpc) is 2.45. The Labute approximate surface area is 116 Å². The molecular weight excluding hydrogens is 260 g/mol. The van der Waals surface area contributed by atoms with Gasteiger partial charge in [0.25, 0.3) is 0 Å². The summed E-state index contributed by atoms with van der Waals surface area (Å²) in [6.45, 7) is 0.202. The molecule has 0 atom stereocenters. The lowest BCUT2D eigenvalue weighted by Crippen LogP contribution is -2.04. The molecule has 0 heterocycles. The maximum atomic E-state index is 11.2. The first-order valence-electron chi connectivity index (χ1n) is 5.93. The standard InChI is InChI=1S/C15H14O5/c1-19-11-7-12(16)14(15(17)18)13(8-11)20-9-10-5-3-2-4-6-10/h2-8,16H,9H2,1H3,(H,17,18). The van der Waals surface area contributed by atoms with E-state index in [4.69, 9.17) is 14.6 Å². The van der Waals surface area contributed by atoms with E-state index < -0.39 is 5.97 Å². The molecule has 20 heavy (non-hydrogen) atoms. The molecule has 2 aromatic carbocycles. The van der Waals surface area contributed by atoms with Gasteiger partial charge >= 0.3 is 5.97 Å². The van der Waals surface area contributed by atoms with E-state index in [-0.39, 0.29) is 23.7 Å². The van der Waals surface area contributed by atoms with Gasteiger partial charge in [-0.3, -0.25) is 0 Å². The third-order valence-electron chi connectivity index (χ3n) is 2.74. The van der Waals surface area contributed by atoms with Crippen molar-refractivity contribution in [3.63, 3.8) is 0 Å². The monoisotopic (exact) mass is 274 g/mol. The number of carbonyl (C=O) groups is 1. The van der Waals surface area contributed by atoms with Crippen molar-refractivity contribution >= 4 is 5.97 Å². The summed E-state index contributed by atoms with van der Waals surface area (Å²) >= 11 is 0. The summed E-state index contributed by atoms with van der Waals surface area (Å²) < 4.78 is 10.5. The summed E-state index contributed by atoms with van der Waals surface area (Å²) in [5, 5.41) is 18.9. The van der Waals surface area contributed by atoms with Crippen LogP contribution in [0.25, 0.3) is 0 Å². The van der Waals surface area contributed by atoms with Crippen LogP contribution in [0.5, 0.6) is 17.2 Å². The molecule has 0 fully saturated rings. The molecule has 0 saturated heterocycles. The Morgan fingerprint density at radius 2 is 1.90 bits per heavy atom. The highest BCUT2D eigenvalue weighted by atomic mass is 16.5. The van der Waals surface area contributed by atoms with Crippen LogP contribution in [-0.2, 0) is 6.61 Å². The molecule has 104 valence electrons. The van der Waals surface area contributed by atoms with Gasteiger partial charge in [-0.15, -0.1) is 0 Å². The molecule has 0 aliphatic heterocycles. The highest BCUT2D eigenvalue weighted by molar-refractivity contribution is 5.94. The van der Waals surface area contributed by atoms with E-state index in [1.54, 1.807) is 0 Å². The van der Waals surface area contributed by atoms with Gasteiger partial charge in [-0.25, -0.2) is 4.79 Å². The lowest BCUT2D eigenvalue weighted by atomic mass is 10.1. The van der Waals surface area contributed by atoms with E-state index in [9.17, 15) is 9.90 Å². The highest BCUT2D eigenvalue weighted by Crippen LogP contribution is 2.33. The first-order chi connectivity index (χ1) is 9.61. The molecule has 5 heteroatoms. The molecule has 0 amide bonds. The predicted molar refractivity (Wildman–Crippen MR) is 72.4 cm³/mol. The third kappa shape index (κ3) is 3.00. The van der Waals surface area contributed by atoms with Crippen molar-refractivity contribution in [1.82, 2.24) is 0 Å². The van der Waals surface area contributed by atoms with Gasteiger partial charge in [0.15, 0.2) is 0 Å². The van der Waals surface area contributed by atoms with Gasteiger partial charge < -0.3 is 19.7 Å². The Morgan fingerprint density at radius 1 is 1.20 bits per heavy atom. The summed E-state index contributed by atoms with van der Waals surface area (Å²) in [5.74, 6) is -1.25. The van der Waals surface area contributed by atoms with Crippen molar-refractivity contribution in [2.45, 2.75) is 6.61 Å². The number of benzene rings is 2. The minimum Gasteiger partial charge on any atom is -0.507 e. The van der Waals surface area contributed by atoms with Crippen molar-refractivity contribution in [1.29, 1.82) is 0 Å². The van der Waals surface area contributed by atoms with E-state index in [1.807, 2.05) is 30.3 Å². The Bertz CT molecular complexity index is 607. The first kappa shape index (κ1) is 13.7. The molecule has 0 aromatic heterocycles. The Hall–Kier alpha value is -2.69. The quantitative estimate of drug-likeness (QED) is 0.876. The van der Waals surface area contributed by atoms with E-state index in [0.29, 0.717) is 5.75 Å². The molecular formula is C15H14O5. The van der Waals surface area contributed by atoms with Crippen LogP contribution in [-0.4, -0.2) is 23.3 Å². The lowest BCUT2D eigenvalue weighted by molar-refractivity contribution is 0.0688. The van der Waals surface area contributed by atoms with E-state index in [0.717, 1.165) is 5.56 Å². The number of carboxylic acid groups (broad SMARTS) is 1. The minimum atomic E-state index is -1.26. The zero-order valence-corrected chi connectivity index (χ0v) is 10.9. The molecule has 0 saturated carbocycles. The SMILES string of the molecule is COc1cc(O)c(C(=O)O)c(OCc2ccccc2)c1. The highest BCUT2D eigenvalue weighted by Gasteiger charge is 2.19. The van der Waals surface area contributed by atoms with Crippen LogP contribution >= 0.6 is 0 Å². The molecule has 0 radical (unpaired) electrons. The molecule has 0 aliphatic rings. The van der Waals surface area contributed by atoms with Crippen LogP contribution in [0.15, 0.2) is 42.5 Å². The topological polar surface area (TPSA) is 76.0 Å². The van der Waals surface area contributed by atoms with E-state index >= 15 is 0 Å². The van der Waals surface area contributed by atoms with Crippen molar-refractivity contribution in [3.05, 3.63) is 53.6 Å². The van der Waals surface area contributed by atoms with Crippen LogP contribution < -0.4 is 9.47 Å². The number of hydrogen-bond acceptors (Lipinski definition) is 4. The summed E-state index contributed by atoms with van der Waals surface area (Å²) in [6, 6.07) is 12.0. The Balaban J connectivity index is 2.29. The summed E-state index contributed by atoms with van der Waals surface area (Å²) in [7, 11) is 1.43. The minimum absolute atomic E-state index is 0.0678. The molecule has 2 N–H and O–H groups in total. The molecule has 2 aromatic rings. The van der Waals surface area contributed by atoms with Gasteiger partial charge in [-0.2, -0.15) is 0 Å². The average molecular weight is 274 g/mol. The van der Waals surface area contributed by atoms with E-state index in [1.165, 1.54) is 19.2 Å². The lowest BCUT2D eigenvalue weighted by Gasteiger charge is -2.12. The van der Waals surface area contributed by atoms with Gasteiger partial charge in [-0.05, 0) is 5.56 Å². The van der Waals surface area contributed by atoms with Gasteiger partial charge in [0.1, 0.15) is 29.4 Å². The second-order valence-electron chi connectivity index (χ2n) is 4.10. The van der Waals surface area contributed by atoms with Gasteiger partial charge in [0.05, 0.1) is 7.11 Å². The number of ether oxygens (including phenoxy) is 2. The van der Waals surface area contributed by atoms with Crippen LogP contribution in [0.3, 0.4) is 0 Å². The second kappa shape index (κ2) is 5.97. The summed E-state index contributed by atoms with van der Waals surface area (Å²) in [4.78, 5) is 11.2.